The summed E-state index contributed by atoms with van der Waals surface area (Å²) < 4.78 is 58.0. The fourth-order valence-electron chi connectivity index (χ4n) is 3.92. The standard InChI is InChI=1S/C24H33N3O6S2/c1-20-8-3-4-9-23(20)27(34(2,29)30)18-7-10-24(28)25-15-19-33-21-11-13-22(14-12-21)35(31,32)26-16-5-6-17-26/h3-4,8-9,11-14H,5-7,10,15-19H2,1-2H3,(H,25,28). The zero-order valence-electron chi connectivity index (χ0n) is 20.1. The van der Waals surface area contributed by atoms with Gasteiger partial charge in [0.05, 0.1) is 23.4 Å². The number of para-hydroxylation sites is 1. The Labute approximate surface area is 208 Å². The molecule has 35 heavy (non-hydrogen) atoms. The predicted octanol–water partition coefficient (Wildman–Crippen LogP) is 2.52. The van der Waals surface area contributed by atoms with Gasteiger partial charge in [-0.15, -0.1) is 0 Å². The lowest BCUT2D eigenvalue weighted by atomic mass is 10.2. The first-order chi connectivity index (χ1) is 16.6. The molecule has 9 nitrogen and oxygen atoms in total. The smallest absolute Gasteiger partial charge is 0.243 e. The molecule has 0 aliphatic carbocycles. The van der Waals surface area contributed by atoms with Gasteiger partial charge in [0.1, 0.15) is 12.4 Å². The summed E-state index contributed by atoms with van der Waals surface area (Å²) in [4.78, 5) is 12.4. The Balaban J connectivity index is 1.40. The second-order valence-corrected chi connectivity index (χ2v) is 12.4. The van der Waals surface area contributed by atoms with E-state index in [4.69, 9.17) is 4.74 Å². The molecular formula is C24H33N3O6S2. The van der Waals surface area contributed by atoms with E-state index in [-0.39, 0.29) is 36.9 Å². The van der Waals surface area contributed by atoms with Gasteiger partial charge in [0, 0.05) is 26.1 Å². The number of carbonyl (C=O) groups excluding carboxylic acids is 1. The van der Waals surface area contributed by atoms with E-state index in [2.05, 4.69) is 5.32 Å². The van der Waals surface area contributed by atoms with Crippen LogP contribution in [0, 0.1) is 6.92 Å². The van der Waals surface area contributed by atoms with Crippen LogP contribution in [0.1, 0.15) is 31.2 Å². The highest BCUT2D eigenvalue weighted by molar-refractivity contribution is 7.92. The van der Waals surface area contributed by atoms with Crippen LogP contribution in [-0.4, -0.2) is 66.1 Å². The third-order valence-corrected chi connectivity index (χ3v) is 8.86. The number of aryl methyl sites for hydroxylation is 1. The fraction of sp³-hybridized carbons (Fsp3) is 0.458. The maximum atomic E-state index is 12.6. The third kappa shape index (κ3) is 7.42. The van der Waals surface area contributed by atoms with Gasteiger partial charge in [-0.25, -0.2) is 16.8 Å². The predicted molar refractivity (Wildman–Crippen MR) is 136 cm³/mol. The number of rotatable bonds is 12. The molecular weight excluding hydrogens is 490 g/mol. The lowest BCUT2D eigenvalue weighted by Gasteiger charge is -2.24. The van der Waals surface area contributed by atoms with Gasteiger partial charge < -0.3 is 10.1 Å². The summed E-state index contributed by atoms with van der Waals surface area (Å²) in [5.41, 5.74) is 1.46. The number of carbonyl (C=O) groups is 1. The highest BCUT2D eigenvalue weighted by atomic mass is 32.2. The topological polar surface area (TPSA) is 113 Å². The normalized spacial score (nSPS) is 14.6. The summed E-state index contributed by atoms with van der Waals surface area (Å²) in [7, 11) is -6.92. The number of benzene rings is 2. The molecule has 1 aliphatic heterocycles. The van der Waals surface area contributed by atoms with Crippen LogP contribution >= 0.6 is 0 Å². The minimum absolute atomic E-state index is 0.182. The maximum Gasteiger partial charge on any atom is 0.243 e. The molecule has 192 valence electrons. The zero-order chi connectivity index (χ0) is 25.5. The Bertz CT molecular complexity index is 1210. The second-order valence-electron chi connectivity index (χ2n) is 8.51. The highest BCUT2D eigenvalue weighted by Gasteiger charge is 2.27. The first-order valence-corrected chi connectivity index (χ1v) is 14.9. The van der Waals surface area contributed by atoms with E-state index in [9.17, 15) is 21.6 Å². The largest absolute Gasteiger partial charge is 0.492 e. The van der Waals surface area contributed by atoms with Crippen molar-refractivity contribution in [3.63, 3.8) is 0 Å². The average molecular weight is 524 g/mol. The van der Waals surface area contributed by atoms with Crippen LogP contribution < -0.4 is 14.4 Å². The Morgan fingerprint density at radius 1 is 1.03 bits per heavy atom. The van der Waals surface area contributed by atoms with Crippen molar-refractivity contribution >= 4 is 31.6 Å². The molecule has 0 saturated carbocycles. The monoisotopic (exact) mass is 523 g/mol. The molecule has 1 N–H and O–H groups in total. The Morgan fingerprint density at radius 3 is 2.31 bits per heavy atom. The molecule has 0 unspecified atom stereocenters. The van der Waals surface area contributed by atoms with Crippen molar-refractivity contribution in [1.82, 2.24) is 9.62 Å². The van der Waals surface area contributed by atoms with Gasteiger partial charge in [-0.05, 0) is 62.1 Å². The Hall–Kier alpha value is -2.63. The van der Waals surface area contributed by atoms with Crippen molar-refractivity contribution < 1.29 is 26.4 Å². The fourth-order valence-corrected chi connectivity index (χ4v) is 6.46. The SMILES string of the molecule is Cc1ccccc1N(CCCC(=O)NCCOc1ccc(S(=O)(=O)N2CCCC2)cc1)S(C)(=O)=O. The molecule has 2 aromatic carbocycles. The number of anilines is 1. The van der Waals surface area contributed by atoms with Gasteiger partial charge in [-0.1, -0.05) is 18.2 Å². The molecule has 0 bridgehead atoms. The first-order valence-electron chi connectivity index (χ1n) is 11.6. The molecule has 3 rings (SSSR count). The Kier molecular flexibility index (Phi) is 9.15. The molecule has 2 aromatic rings. The zero-order valence-corrected chi connectivity index (χ0v) is 21.8. The molecule has 0 spiro atoms. The lowest BCUT2D eigenvalue weighted by molar-refractivity contribution is -0.121. The van der Waals surface area contributed by atoms with Gasteiger partial charge in [-0.3, -0.25) is 9.10 Å². The van der Waals surface area contributed by atoms with Gasteiger partial charge >= 0.3 is 0 Å². The minimum Gasteiger partial charge on any atom is -0.492 e. The molecule has 1 saturated heterocycles. The third-order valence-electron chi connectivity index (χ3n) is 5.77. The van der Waals surface area contributed by atoms with Gasteiger partial charge in [0.15, 0.2) is 0 Å². The first kappa shape index (κ1) is 27.0. The van der Waals surface area contributed by atoms with Crippen LogP contribution in [0.4, 0.5) is 5.69 Å². The van der Waals surface area contributed by atoms with Crippen LogP contribution in [0.15, 0.2) is 53.4 Å². The molecule has 0 atom stereocenters. The van der Waals surface area contributed by atoms with E-state index in [1.54, 1.807) is 24.3 Å². The molecule has 1 heterocycles. The van der Waals surface area contributed by atoms with E-state index in [0.29, 0.717) is 30.9 Å². The molecule has 0 radical (unpaired) electrons. The van der Waals surface area contributed by atoms with Crippen molar-refractivity contribution in [1.29, 1.82) is 0 Å². The number of ether oxygens (including phenoxy) is 1. The maximum absolute atomic E-state index is 12.6. The minimum atomic E-state index is -3.47. The number of hydrogen-bond acceptors (Lipinski definition) is 6. The molecule has 11 heteroatoms. The highest BCUT2D eigenvalue weighted by Crippen LogP contribution is 2.23. The van der Waals surface area contributed by atoms with Crippen molar-refractivity contribution in [2.75, 3.05) is 43.3 Å². The van der Waals surface area contributed by atoms with Gasteiger partial charge in [0.2, 0.25) is 26.0 Å². The van der Waals surface area contributed by atoms with Gasteiger partial charge in [0.25, 0.3) is 0 Å². The van der Waals surface area contributed by atoms with E-state index in [0.717, 1.165) is 24.7 Å². The quantitative estimate of drug-likeness (QED) is 0.428. The second kappa shape index (κ2) is 11.9. The lowest BCUT2D eigenvalue weighted by Crippen LogP contribution is -2.33. The number of hydrogen-bond donors (Lipinski definition) is 1. The van der Waals surface area contributed by atoms with E-state index in [1.807, 2.05) is 19.1 Å². The summed E-state index contributed by atoms with van der Waals surface area (Å²) in [6.45, 7) is 3.67. The van der Waals surface area contributed by atoms with Crippen molar-refractivity contribution in [3.8, 4) is 5.75 Å². The number of sulfonamides is 2. The van der Waals surface area contributed by atoms with Crippen molar-refractivity contribution in [2.24, 2.45) is 0 Å². The van der Waals surface area contributed by atoms with Crippen LogP contribution in [0.5, 0.6) is 5.75 Å². The van der Waals surface area contributed by atoms with E-state index in [1.165, 1.54) is 20.7 Å². The molecule has 1 aliphatic rings. The summed E-state index contributed by atoms with van der Waals surface area (Å²) in [6, 6.07) is 13.5. The van der Waals surface area contributed by atoms with Crippen LogP contribution in [-0.2, 0) is 24.8 Å². The van der Waals surface area contributed by atoms with E-state index >= 15 is 0 Å². The van der Waals surface area contributed by atoms with Crippen molar-refractivity contribution in [2.45, 2.75) is 37.5 Å². The number of nitrogens with one attached hydrogen (secondary N) is 1. The summed E-state index contributed by atoms with van der Waals surface area (Å²) in [5, 5.41) is 2.75. The summed E-state index contributed by atoms with van der Waals surface area (Å²) >= 11 is 0. The average Bonchev–Trinajstić information content (AvgIpc) is 3.36. The van der Waals surface area contributed by atoms with Crippen LogP contribution in [0.3, 0.4) is 0 Å². The van der Waals surface area contributed by atoms with Gasteiger partial charge in [-0.2, -0.15) is 4.31 Å². The molecule has 1 amide bonds. The van der Waals surface area contributed by atoms with E-state index < -0.39 is 20.0 Å². The molecule has 1 fully saturated rings. The summed E-state index contributed by atoms with van der Waals surface area (Å²) in [6.07, 6.45) is 3.48. The van der Waals surface area contributed by atoms with Crippen molar-refractivity contribution in [3.05, 3.63) is 54.1 Å². The molecule has 0 aromatic heterocycles. The summed E-state index contributed by atoms with van der Waals surface area (Å²) in [5.74, 6) is 0.320. The Morgan fingerprint density at radius 2 is 1.69 bits per heavy atom. The van der Waals surface area contributed by atoms with Crippen LogP contribution in [0.2, 0.25) is 0 Å². The number of amides is 1. The number of nitrogens with zero attached hydrogens (tertiary/aromatic N) is 2. The van der Waals surface area contributed by atoms with Crippen LogP contribution in [0.25, 0.3) is 0 Å².